The first-order chi connectivity index (χ1) is 8.43. The molecule has 0 aromatic carbocycles. The highest BCUT2D eigenvalue weighted by Gasteiger charge is 2.26. The molecular formula is C10H10ClN3O2S2. The number of halogens is 1. The molecule has 18 heavy (non-hydrogen) atoms. The van der Waals surface area contributed by atoms with Gasteiger partial charge in [0.05, 0.1) is 17.6 Å². The van der Waals surface area contributed by atoms with Gasteiger partial charge in [0.25, 0.3) is 10.0 Å². The van der Waals surface area contributed by atoms with Gasteiger partial charge in [-0.15, -0.1) is 0 Å². The lowest BCUT2D eigenvalue weighted by molar-refractivity contribution is 0.595. The second kappa shape index (κ2) is 4.83. The average Bonchev–Trinajstić information content (AvgIpc) is 2.69. The van der Waals surface area contributed by atoms with E-state index in [9.17, 15) is 8.42 Å². The van der Waals surface area contributed by atoms with Crippen LogP contribution in [0.25, 0.3) is 0 Å². The number of hydrogen-bond donors (Lipinski definition) is 0. The van der Waals surface area contributed by atoms with E-state index in [2.05, 4.69) is 9.97 Å². The van der Waals surface area contributed by atoms with Crippen LogP contribution in [0, 0.1) is 6.92 Å². The fraction of sp³-hybridized carbons (Fsp3) is 0.200. The summed E-state index contributed by atoms with van der Waals surface area (Å²) in [6.07, 6.45) is 3.06. The van der Waals surface area contributed by atoms with Gasteiger partial charge in [-0.3, -0.25) is 9.29 Å². The van der Waals surface area contributed by atoms with Crippen molar-refractivity contribution in [2.75, 3.05) is 11.4 Å². The highest BCUT2D eigenvalue weighted by atomic mass is 35.5. The van der Waals surface area contributed by atoms with Crippen molar-refractivity contribution in [2.24, 2.45) is 0 Å². The Morgan fingerprint density at radius 2 is 2.17 bits per heavy atom. The van der Waals surface area contributed by atoms with Crippen molar-refractivity contribution >= 4 is 38.6 Å². The zero-order valence-corrected chi connectivity index (χ0v) is 12.1. The molecule has 96 valence electrons. The molecule has 5 nitrogen and oxygen atoms in total. The maximum Gasteiger partial charge on any atom is 0.275 e. The number of rotatable bonds is 3. The van der Waals surface area contributed by atoms with Crippen molar-refractivity contribution in [3.8, 4) is 0 Å². The predicted octanol–water partition coefficient (Wildman–Crippen LogP) is 2.33. The molecule has 0 saturated heterocycles. The Kier molecular flexibility index (Phi) is 3.56. The molecule has 2 aromatic heterocycles. The molecule has 0 aliphatic heterocycles. The summed E-state index contributed by atoms with van der Waals surface area (Å²) in [6, 6.07) is 3.34. The van der Waals surface area contributed by atoms with Crippen LogP contribution in [-0.2, 0) is 10.0 Å². The number of aromatic nitrogens is 2. The van der Waals surface area contributed by atoms with Crippen molar-refractivity contribution < 1.29 is 8.42 Å². The van der Waals surface area contributed by atoms with E-state index in [4.69, 9.17) is 11.6 Å². The van der Waals surface area contributed by atoms with E-state index < -0.39 is 10.0 Å². The van der Waals surface area contributed by atoms with Crippen LogP contribution in [0.3, 0.4) is 0 Å². The normalized spacial score (nSPS) is 11.5. The van der Waals surface area contributed by atoms with Crippen LogP contribution in [0.1, 0.15) is 5.69 Å². The predicted molar refractivity (Wildman–Crippen MR) is 71.7 cm³/mol. The summed E-state index contributed by atoms with van der Waals surface area (Å²) in [7, 11) is -2.17. The summed E-state index contributed by atoms with van der Waals surface area (Å²) < 4.78 is 26.3. The van der Waals surface area contributed by atoms with Crippen molar-refractivity contribution in [3.63, 3.8) is 0 Å². The zero-order valence-electron chi connectivity index (χ0n) is 9.66. The van der Waals surface area contributed by atoms with Crippen LogP contribution >= 0.6 is 22.9 Å². The maximum absolute atomic E-state index is 12.4. The average molecular weight is 304 g/mol. The van der Waals surface area contributed by atoms with Crippen LogP contribution in [-0.4, -0.2) is 25.4 Å². The molecule has 0 spiro atoms. The van der Waals surface area contributed by atoms with Crippen LogP contribution in [0.15, 0.2) is 28.7 Å². The summed E-state index contributed by atoms with van der Waals surface area (Å²) in [5.74, 6) is 0. The molecule has 0 aliphatic rings. The lowest BCUT2D eigenvalue weighted by Gasteiger charge is -2.17. The monoisotopic (exact) mass is 303 g/mol. The largest absolute Gasteiger partial charge is 0.275 e. The van der Waals surface area contributed by atoms with Crippen LogP contribution in [0.5, 0.6) is 0 Å². The van der Waals surface area contributed by atoms with Gasteiger partial charge >= 0.3 is 0 Å². The Labute approximate surface area is 114 Å². The fourth-order valence-electron chi connectivity index (χ4n) is 1.39. The number of hydrogen-bond acceptors (Lipinski definition) is 5. The van der Waals surface area contributed by atoms with E-state index in [-0.39, 0.29) is 8.68 Å². The lowest BCUT2D eigenvalue weighted by atomic mass is 10.4. The highest BCUT2D eigenvalue weighted by molar-refractivity contribution is 7.94. The molecule has 0 bridgehead atoms. The van der Waals surface area contributed by atoms with Gasteiger partial charge in [-0.2, -0.15) is 0 Å². The molecule has 8 heteroatoms. The standard InChI is InChI=1S/C10H10ClN3O2S2/c1-7-9(17-10(11)13-7)18(15,16)14(2)8-4-3-5-12-6-8/h3-6H,1-2H3. The Bertz CT molecular complexity index is 655. The summed E-state index contributed by atoms with van der Waals surface area (Å²) in [5.41, 5.74) is 0.891. The minimum absolute atomic E-state index is 0.152. The SMILES string of the molecule is Cc1nc(Cl)sc1S(=O)(=O)N(C)c1cccnc1. The minimum Gasteiger partial charge on any atom is -0.267 e. The molecule has 2 heterocycles. The van der Waals surface area contributed by atoms with Crippen molar-refractivity contribution in [1.29, 1.82) is 0 Å². The fourth-order valence-corrected chi connectivity index (χ4v) is 4.46. The topological polar surface area (TPSA) is 63.2 Å². The Morgan fingerprint density at radius 1 is 1.44 bits per heavy atom. The molecule has 0 atom stereocenters. The number of thiazole rings is 1. The second-order valence-electron chi connectivity index (χ2n) is 3.52. The Hall–Kier alpha value is -1.18. The zero-order chi connectivity index (χ0) is 13.3. The van der Waals surface area contributed by atoms with Gasteiger partial charge in [0, 0.05) is 13.2 Å². The Balaban J connectivity index is 2.47. The molecule has 0 aliphatic carbocycles. The van der Waals surface area contributed by atoms with E-state index in [1.54, 1.807) is 25.3 Å². The van der Waals surface area contributed by atoms with Gasteiger partial charge in [-0.05, 0) is 19.1 Å². The maximum atomic E-state index is 12.4. The van der Waals surface area contributed by atoms with Crippen LogP contribution in [0.2, 0.25) is 4.47 Å². The highest BCUT2D eigenvalue weighted by Crippen LogP contribution is 2.30. The van der Waals surface area contributed by atoms with Crippen molar-refractivity contribution in [3.05, 3.63) is 34.7 Å². The third-order valence-corrected chi connectivity index (χ3v) is 5.97. The first kappa shape index (κ1) is 13.3. The van der Waals surface area contributed by atoms with Gasteiger partial charge in [0.2, 0.25) is 0 Å². The molecule has 2 aromatic rings. The summed E-state index contributed by atoms with van der Waals surface area (Å²) >= 11 is 6.68. The molecule has 0 unspecified atom stereocenters. The number of sulfonamides is 1. The molecular weight excluding hydrogens is 294 g/mol. The van der Waals surface area contributed by atoms with Gasteiger partial charge in [0.15, 0.2) is 8.68 Å². The molecule has 0 amide bonds. The van der Waals surface area contributed by atoms with Crippen molar-refractivity contribution in [1.82, 2.24) is 9.97 Å². The first-order valence-corrected chi connectivity index (χ1v) is 7.58. The Morgan fingerprint density at radius 3 is 2.67 bits per heavy atom. The molecule has 0 radical (unpaired) electrons. The number of anilines is 1. The van der Waals surface area contributed by atoms with Crippen LogP contribution < -0.4 is 4.31 Å². The van der Waals surface area contributed by atoms with E-state index in [1.807, 2.05) is 0 Å². The summed E-state index contributed by atoms with van der Waals surface area (Å²) in [6.45, 7) is 1.62. The van der Waals surface area contributed by atoms with E-state index in [1.165, 1.54) is 13.2 Å². The van der Waals surface area contributed by atoms with E-state index in [0.29, 0.717) is 11.4 Å². The molecule has 2 rings (SSSR count). The van der Waals surface area contributed by atoms with Gasteiger partial charge < -0.3 is 0 Å². The second-order valence-corrected chi connectivity index (χ2v) is 7.27. The van der Waals surface area contributed by atoms with E-state index in [0.717, 1.165) is 15.6 Å². The number of aryl methyl sites for hydroxylation is 1. The van der Waals surface area contributed by atoms with Crippen molar-refractivity contribution in [2.45, 2.75) is 11.1 Å². The quantitative estimate of drug-likeness (QED) is 0.873. The molecule has 0 saturated carbocycles. The minimum atomic E-state index is -3.64. The lowest BCUT2D eigenvalue weighted by Crippen LogP contribution is -2.26. The molecule has 0 N–H and O–H groups in total. The summed E-state index contributed by atoms with van der Waals surface area (Å²) in [4.78, 5) is 7.81. The third kappa shape index (κ3) is 2.33. The third-order valence-electron chi connectivity index (χ3n) is 2.33. The summed E-state index contributed by atoms with van der Waals surface area (Å²) in [5, 5.41) is 0. The number of nitrogens with zero attached hydrogens (tertiary/aromatic N) is 3. The van der Waals surface area contributed by atoms with Gasteiger partial charge in [-0.25, -0.2) is 13.4 Å². The number of pyridine rings is 1. The van der Waals surface area contributed by atoms with Gasteiger partial charge in [-0.1, -0.05) is 22.9 Å². The van der Waals surface area contributed by atoms with Crippen LogP contribution in [0.4, 0.5) is 5.69 Å². The smallest absolute Gasteiger partial charge is 0.267 e. The first-order valence-electron chi connectivity index (χ1n) is 4.95. The van der Waals surface area contributed by atoms with E-state index >= 15 is 0 Å². The molecule has 0 fully saturated rings. The van der Waals surface area contributed by atoms with Gasteiger partial charge in [0.1, 0.15) is 0 Å².